The van der Waals surface area contributed by atoms with Crippen LogP contribution in [-0.2, 0) is 9.47 Å². The lowest BCUT2D eigenvalue weighted by Crippen LogP contribution is -2.50. The van der Waals surface area contributed by atoms with Crippen LogP contribution in [0.15, 0.2) is 0 Å². The van der Waals surface area contributed by atoms with Crippen LogP contribution in [-0.4, -0.2) is 58.6 Å². The molecule has 0 spiro atoms. The van der Waals surface area contributed by atoms with Crippen molar-refractivity contribution in [3.8, 4) is 0 Å². The van der Waals surface area contributed by atoms with Gasteiger partial charge in [-0.15, -0.1) is 0 Å². The summed E-state index contributed by atoms with van der Waals surface area (Å²) in [5.41, 5.74) is 5.90. The fourth-order valence-electron chi connectivity index (χ4n) is 1.60. The Hall–Kier alpha value is -0.200. The van der Waals surface area contributed by atoms with E-state index in [1.165, 1.54) is 0 Å². The Balaban J connectivity index is 1.94. The molecule has 4 N–H and O–H groups in total. The van der Waals surface area contributed by atoms with Gasteiger partial charge in [0.2, 0.25) is 0 Å². The molecular formula is C10H23N3O2. The van der Waals surface area contributed by atoms with E-state index in [2.05, 4.69) is 10.6 Å². The Morgan fingerprint density at radius 1 is 1.40 bits per heavy atom. The van der Waals surface area contributed by atoms with Gasteiger partial charge in [0.1, 0.15) is 0 Å². The molecule has 5 heteroatoms. The molecule has 1 aliphatic heterocycles. The maximum atomic E-state index is 5.90. The van der Waals surface area contributed by atoms with Crippen molar-refractivity contribution >= 4 is 0 Å². The summed E-state index contributed by atoms with van der Waals surface area (Å²) in [6.45, 7) is 4.76. The van der Waals surface area contributed by atoms with Gasteiger partial charge in [-0.1, -0.05) is 0 Å². The average molecular weight is 217 g/mol. The lowest BCUT2D eigenvalue weighted by Gasteiger charge is -2.29. The van der Waals surface area contributed by atoms with Crippen molar-refractivity contribution in [3.63, 3.8) is 0 Å². The topological polar surface area (TPSA) is 68.5 Å². The minimum absolute atomic E-state index is 0.121. The third-order valence-electron chi connectivity index (χ3n) is 2.52. The number of hydrogen-bond donors (Lipinski definition) is 3. The number of rotatable bonds is 7. The summed E-state index contributed by atoms with van der Waals surface area (Å²) in [5.74, 6) is 0. The van der Waals surface area contributed by atoms with Crippen LogP contribution in [0.2, 0.25) is 0 Å². The van der Waals surface area contributed by atoms with Crippen molar-refractivity contribution < 1.29 is 9.47 Å². The van der Waals surface area contributed by atoms with Gasteiger partial charge in [0, 0.05) is 19.1 Å². The molecule has 0 aliphatic carbocycles. The zero-order valence-corrected chi connectivity index (χ0v) is 9.50. The summed E-state index contributed by atoms with van der Waals surface area (Å²) in [7, 11) is 1.91. The van der Waals surface area contributed by atoms with Gasteiger partial charge in [-0.25, -0.2) is 0 Å². The molecule has 0 aromatic heterocycles. The molecule has 1 aliphatic rings. The third kappa shape index (κ3) is 5.44. The van der Waals surface area contributed by atoms with Gasteiger partial charge in [0.15, 0.2) is 0 Å². The van der Waals surface area contributed by atoms with E-state index < -0.39 is 0 Å². The number of hydrogen-bond acceptors (Lipinski definition) is 5. The highest BCUT2D eigenvalue weighted by Crippen LogP contribution is 2.05. The first-order valence-electron chi connectivity index (χ1n) is 5.65. The fourth-order valence-corrected chi connectivity index (χ4v) is 1.60. The second kappa shape index (κ2) is 8.01. The normalized spacial score (nSPS) is 26.8. The van der Waals surface area contributed by atoms with E-state index in [4.69, 9.17) is 15.2 Å². The van der Waals surface area contributed by atoms with Gasteiger partial charge in [-0.3, -0.25) is 0 Å². The number of likely N-dealkylation sites (N-methyl/N-ethyl adjacent to an activating group) is 1. The predicted octanol–water partition coefficient (Wildman–Crippen LogP) is -1.07. The van der Waals surface area contributed by atoms with E-state index >= 15 is 0 Å². The molecule has 0 bridgehead atoms. The van der Waals surface area contributed by atoms with E-state index in [-0.39, 0.29) is 12.1 Å². The zero-order valence-electron chi connectivity index (χ0n) is 9.50. The summed E-state index contributed by atoms with van der Waals surface area (Å²) < 4.78 is 11.0. The Kier molecular flexibility index (Phi) is 6.87. The van der Waals surface area contributed by atoms with Crippen LogP contribution < -0.4 is 16.4 Å². The highest BCUT2D eigenvalue weighted by atomic mass is 16.5. The van der Waals surface area contributed by atoms with Crippen molar-refractivity contribution in [2.45, 2.75) is 18.6 Å². The molecule has 2 atom stereocenters. The van der Waals surface area contributed by atoms with E-state index in [9.17, 15) is 0 Å². The maximum absolute atomic E-state index is 5.90. The zero-order chi connectivity index (χ0) is 10.9. The third-order valence-corrected chi connectivity index (χ3v) is 2.52. The molecule has 2 unspecified atom stereocenters. The van der Waals surface area contributed by atoms with E-state index in [0.29, 0.717) is 13.2 Å². The number of piperidine rings is 1. The van der Waals surface area contributed by atoms with Gasteiger partial charge in [-0.05, 0) is 20.0 Å². The molecular weight excluding hydrogens is 194 g/mol. The number of nitrogens with two attached hydrogens (primary N) is 1. The monoisotopic (exact) mass is 217 g/mol. The summed E-state index contributed by atoms with van der Waals surface area (Å²) in [6, 6.07) is 0.121. The van der Waals surface area contributed by atoms with Crippen molar-refractivity contribution in [2.24, 2.45) is 5.73 Å². The Bertz CT molecular complexity index is 158. The molecule has 0 aromatic carbocycles. The Labute approximate surface area is 91.7 Å². The summed E-state index contributed by atoms with van der Waals surface area (Å²) >= 11 is 0. The molecule has 90 valence electrons. The van der Waals surface area contributed by atoms with E-state index in [1.54, 1.807) is 0 Å². The lowest BCUT2D eigenvalue weighted by molar-refractivity contribution is -0.0147. The van der Waals surface area contributed by atoms with Crippen molar-refractivity contribution in [2.75, 3.05) is 46.5 Å². The largest absolute Gasteiger partial charge is 0.378 e. The second-order valence-electron chi connectivity index (χ2n) is 3.78. The molecule has 5 nitrogen and oxygen atoms in total. The predicted molar refractivity (Wildman–Crippen MR) is 59.9 cm³/mol. The second-order valence-corrected chi connectivity index (χ2v) is 3.78. The average Bonchev–Trinajstić information content (AvgIpc) is 2.25. The lowest BCUT2D eigenvalue weighted by atomic mass is 10.1. The number of nitrogens with one attached hydrogen (secondary N) is 2. The Morgan fingerprint density at radius 3 is 3.00 bits per heavy atom. The van der Waals surface area contributed by atoms with Crippen molar-refractivity contribution in [1.29, 1.82) is 0 Å². The van der Waals surface area contributed by atoms with Gasteiger partial charge in [0.25, 0.3) is 0 Å². The minimum Gasteiger partial charge on any atom is -0.378 e. The first kappa shape index (κ1) is 12.9. The highest BCUT2D eigenvalue weighted by Gasteiger charge is 2.21. The molecule has 0 aromatic rings. The van der Waals surface area contributed by atoms with Crippen LogP contribution in [0.5, 0.6) is 0 Å². The van der Waals surface area contributed by atoms with E-state index in [1.807, 2.05) is 7.05 Å². The van der Waals surface area contributed by atoms with Crippen molar-refractivity contribution in [3.05, 3.63) is 0 Å². The number of ether oxygens (including phenoxy) is 2. The summed E-state index contributed by atoms with van der Waals surface area (Å²) in [5, 5.41) is 6.26. The summed E-state index contributed by atoms with van der Waals surface area (Å²) in [4.78, 5) is 0. The fraction of sp³-hybridized carbons (Fsp3) is 1.00. The molecule has 1 saturated heterocycles. The van der Waals surface area contributed by atoms with Crippen LogP contribution >= 0.6 is 0 Å². The highest BCUT2D eigenvalue weighted by molar-refractivity contribution is 4.81. The Morgan fingerprint density at radius 2 is 2.27 bits per heavy atom. The smallest absolute Gasteiger partial charge is 0.0751 e. The first-order valence-corrected chi connectivity index (χ1v) is 5.65. The standard InChI is InChI=1S/C10H23N3O2/c1-12-4-5-14-6-7-15-10-2-3-13-8-9(10)11/h9-10,12-13H,2-8,11H2,1H3. The quantitative estimate of drug-likeness (QED) is 0.474. The van der Waals surface area contributed by atoms with Gasteiger partial charge >= 0.3 is 0 Å². The molecule has 15 heavy (non-hydrogen) atoms. The molecule has 1 fully saturated rings. The summed E-state index contributed by atoms with van der Waals surface area (Å²) in [6.07, 6.45) is 1.19. The van der Waals surface area contributed by atoms with Gasteiger partial charge in [0.05, 0.1) is 25.9 Å². The molecule has 0 saturated carbocycles. The van der Waals surface area contributed by atoms with Crippen LogP contribution in [0, 0.1) is 0 Å². The molecule has 1 rings (SSSR count). The molecule has 1 heterocycles. The SMILES string of the molecule is CNCCOCCOC1CCNCC1N. The van der Waals surface area contributed by atoms with Crippen LogP contribution in [0.1, 0.15) is 6.42 Å². The van der Waals surface area contributed by atoms with Crippen molar-refractivity contribution in [1.82, 2.24) is 10.6 Å². The van der Waals surface area contributed by atoms with Gasteiger partial charge < -0.3 is 25.8 Å². The minimum atomic E-state index is 0.121. The van der Waals surface area contributed by atoms with Crippen LogP contribution in [0.4, 0.5) is 0 Å². The van der Waals surface area contributed by atoms with E-state index in [0.717, 1.165) is 32.7 Å². The van der Waals surface area contributed by atoms with Crippen LogP contribution in [0.25, 0.3) is 0 Å². The molecule has 0 amide bonds. The maximum Gasteiger partial charge on any atom is 0.0751 e. The molecule has 0 radical (unpaired) electrons. The first-order chi connectivity index (χ1) is 7.34. The van der Waals surface area contributed by atoms with Gasteiger partial charge in [-0.2, -0.15) is 0 Å². The van der Waals surface area contributed by atoms with Crippen LogP contribution in [0.3, 0.4) is 0 Å².